The predicted molar refractivity (Wildman–Crippen MR) is 114 cm³/mol. The van der Waals surface area contributed by atoms with Crippen molar-refractivity contribution in [1.29, 1.82) is 0 Å². The molecule has 1 saturated heterocycles. The van der Waals surface area contributed by atoms with E-state index in [0.717, 1.165) is 50.2 Å². The Morgan fingerprint density at radius 3 is 2.70 bits per heavy atom. The summed E-state index contributed by atoms with van der Waals surface area (Å²) >= 11 is 0. The molecule has 30 heavy (non-hydrogen) atoms. The van der Waals surface area contributed by atoms with Crippen molar-refractivity contribution in [2.75, 3.05) is 52.3 Å². The average Bonchev–Trinajstić information content (AvgIpc) is 2.78. The summed E-state index contributed by atoms with van der Waals surface area (Å²) in [6.45, 7) is 5.17. The number of rotatable bonds is 8. The van der Waals surface area contributed by atoms with E-state index in [-0.39, 0.29) is 0 Å². The minimum absolute atomic E-state index is 0.444. The van der Waals surface area contributed by atoms with Gasteiger partial charge in [-0.15, -0.1) is 0 Å². The highest BCUT2D eigenvalue weighted by Gasteiger charge is 2.13. The first-order valence-corrected chi connectivity index (χ1v) is 10.0. The van der Waals surface area contributed by atoms with Crippen LogP contribution in [0.3, 0.4) is 0 Å². The van der Waals surface area contributed by atoms with Gasteiger partial charge in [-0.3, -0.25) is 9.88 Å². The number of ether oxygens (including phenoxy) is 4. The van der Waals surface area contributed by atoms with Gasteiger partial charge in [0.05, 0.1) is 38.6 Å². The number of nitrogen functional groups attached to an aromatic ring is 1. The Hall–Kier alpha value is -3.10. The highest BCUT2D eigenvalue weighted by Crippen LogP contribution is 2.37. The van der Waals surface area contributed by atoms with Gasteiger partial charge in [0, 0.05) is 37.3 Å². The predicted octanol–water partition coefficient (Wildman–Crippen LogP) is 3.11. The third kappa shape index (κ3) is 4.90. The van der Waals surface area contributed by atoms with Gasteiger partial charge in [0.15, 0.2) is 11.5 Å². The maximum atomic E-state index is 6.01. The molecule has 1 aliphatic rings. The molecule has 0 aliphatic carbocycles. The van der Waals surface area contributed by atoms with Crippen molar-refractivity contribution in [3.63, 3.8) is 0 Å². The second kappa shape index (κ2) is 9.60. The van der Waals surface area contributed by atoms with Crippen LogP contribution in [0.2, 0.25) is 0 Å². The fourth-order valence-corrected chi connectivity index (χ4v) is 3.36. The van der Waals surface area contributed by atoms with Crippen molar-refractivity contribution in [2.24, 2.45) is 0 Å². The highest BCUT2D eigenvalue weighted by molar-refractivity contribution is 5.88. The second-order valence-corrected chi connectivity index (χ2v) is 7.01. The molecule has 1 aromatic carbocycles. The summed E-state index contributed by atoms with van der Waals surface area (Å²) in [7, 11) is 1.63. The molecule has 8 heteroatoms. The molecule has 4 rings (SSSR count). The molecule has 0 unspecified atom stereocenters. The number of aromatic nitrogens is 2. The van der Waals surface area contributed by atoms with Gasteiger partial charge in [-0.2, -0.15) is 0 Å². The van der Waals surface area contributed by atoms with Gasteiger partial charge in [0.1, 0.15) is 17.3 Å². The van der Waals surface area contributed by atoms with Crippen LogP contribution in [-0.4, -0.2) is 61.4 Å². The van der Waals surface area contributed by atoms with Crippen molar-refractivity contribution in [3.05, 3.63) is 42.7 Å². The van der Waals surface area contributed by atoms with Crippen LogP contribution in [0.4, 0.5) is 5.82 Å². The van der Waals surface area contributed by atoms with Crippen LogP contribution >= 0.6 is 0 Å². The SMILES string of the molecule is COc1cc2c(Oc3ccc(N)nc3)ccnc2cc1OCCCN1CCOCC1. The molecular weight excluding hydrogens is 384 g/mol. The Bertz CT molecular complexity index is 975. The van der Waals surface area contributed by atoms with Gasteiger partial charge in [-0.1, -0.05) is 0 Å². The smallest absolute Gasteiger partial charge is 0.163 e. The molecule has 0 atom stereocenters. The van der Waals surface area contributed by atoms with Gasteiger partial charge in [-0.25, -0.2) is 4.98 Å². The zero-order valence-corrected chi connectivity index (χ0v) is 17.0. The molecule has 0 saturated carbocycles. The van der Waals surface area contributed by atoms with Crippen molar-refractivity contribution < 1.29 is 18.9 Å². The Morgan fingerprint density at radius 1 is 1.07 bits per heavy atom. The lowest BCUT2D eigenvalue weighted by molar-refractivity contribution is 0.0357. The van der Waals surface area contributed by atoms with E-state index in [1.807, 2.05) is 12.1 Å². The number of anilines is 1. The number of nitrogens with zero attached hydrogens (tertiary/aromatic N) is 3. The zero-order chi connectivity index (χ0) is 20.8. The lowest BCUT2D eigenvalue weighted by Crippen LogP contribution is -2.37. The van der Waals surface area contributed by atoms with E-state index >= 15 is 0 Å². The standard InChI is InChI=1S/C22H26N4O4/c1-27-20-13-17-18(14-21(20)29-10-2-7-26-8-11-28-12-9-26)24-6-5-19(17)30-16-3-4-22(23)25-15-16/h3-6,13-15H,2,7-12H2,1H3,(H2,23,25). The first kappa shape index (κ1) is 20.2. The number of hydrogen-bond acceptors (Lipinski definition) is 8. The van der Waals surface area contributed by atoms with E-state index < -0.39 is 0 Å². The molecule has 1 aliphatic heterocycles. The molecule has 2 N–H and O–H groups in total. The Morgan fingerprint density at radius 2 is 1.93 bits per heavy atom. The molecule has 3 aromatic rings. The van der Waals surface area contributed by atoms with Crippen LogP contribution in [0.1, 0.15) is 6.42 Å². The van der Waals surface area contributed by atoms with E-state index in [1.165, 1.54) is 0 Å². The summed E-state index contributed by atoms with van der Waals surface area (Å²) in [5, 5.41) is 0.826. The van der Waals surface area contributed by atoms with Crippen LogP contribution < -0.4 is 19.9 Å². The molecule has 0 amide bonds. The lowest BCUT2D eigenvalue weighted by Gasteiger charge is -2.26. The number of morpholine rings is 1. The van der Waals surface area contributed by atoms with Crippen LogP contribution in [0.25, 0.3) is 10.9 Å². The second-order valence-electron chi connectivity index (χ2n) is 7.01. The fourth-order valence-electron chi connectivity index (χ4n) is 3.36. The van der Waals surface area contributed by atoms with E-state index in [1.54, 1.807) is 37.7 Å². The molecule has 158 valence electrons. The van der Waals surface area contributed by atoms with E-state index in [4.69, 9.17) is 24.7 Å². The monoisotopic (exact) mass is 410 g/mol. The summed E-state index contributed by atoms with van der Waals surface area (Å²) in [5.41, 5.74) is 6.41. The average molecular weight is 410 g/mol. The van der Waals surface area contributed by atoms with Crippen molar-refractivity contribution >= 4 is 16.7 Å². The quantitative estimate of drug-likeness (QED) is 0.567. The first-order chi connectivity index (χ1) is 14.7. The maximum Gasteiger partial charge on any atom is 0.163 e. The molecule has 0 bridgehead atoms. The molecular formula is C22H26N4O4. The molecule has 0 radical (unpaired) electrons. The van der Waals surface area contributed by atoms with Gasteiger partial charge in [0.25, 0.3) is 0 Å². The molecule has 1 fully saturated rings. The van der Waals surface area contributed by atoms with Crippen LogP contribution in [0, 0.1) is 0 Å². The minimum atomic E-state index is 0.444. The first-order valence-electron chi connectivity index (χ1n) is 10.0. The third-order valence-corrected chi connectivity index (χ3v) is 4.95. The Labute approximate surface area is 175 Å². The van der Waals surface area contributed by atoms with Crippen LogP contribution in [-0.2, 0) is 4.74 Å². The van der Waals surface area contributed by atoms with Crippen LogP contribution in [0.15, 0.2) is 42.7 Å². The number of pyridine rings is 2. The summed E-state index contributed by atoms with van der Waals surface area (Å²) in [5.74, 6) is 3.01. The van der Waals surface area contributed by atoms with Crippen molar-refractivity contribution in [2.45, 2.75) is 6.42 Å². The van der Waals surface area contributed by atoms with Crippen molar-refractivity contribution in [1.82, 2.24) is 14.9 Å². The highest BCUT2D eigenvalue weighted by atomic mass is 16.5. The summed E-state index contributed by atoms with van der Waals surface area (Å²) < 4.78 is 22.9. The third-order valence-electron chi connectivity index (χ3n) is 4.95. The van der Waals surface area contributed by atoms with Gasteiger partial charge in [-0.05, 0) is 30.7 Å². The van der Waals surface area contributed by atoms with Crippen molar-refractivity contribution in [3.8, 4) is 23.0 Å². The van der Waals surface area contributed by atoms with E-state index in [0.29, 0.717) is 35.4 Å². The number of fused-ring (bicyclic) bond motifs is 1. The molecule has 8 nitrogen and oxygen atoms in total. The molecule has 3 heterocycles. The topological polar surface area (TPSA) is 92.0 Å². The van der Waals surface area contributed by atoms with E-state index in [2.05, 4.69) is 14.9 Å². The number of nitrogens with two attached hydrogens (primary N) is 1. The van der Waals surface area contributed by atoms with Gasteiger partial charge in [0.2, 0.25) is 0 Å². The maximum absolute atomic E-state index is 6.01. The fraction of sp³-hybridized carbons (Fsp3) is 0.364. The lowest BCUT2D eigenvalue weighted by atomic mass is 10.2. The van der Waals surface area contributed by atoms with E-state index in [9.17, 15) is 0 Å². The summed E-state index contributed by atoms with van der Waals surface area (Å²) in [4.78, 5) is 10.9. The normalized spacial score (nSPS) is 14.6. The molecule has 2 aromatic heterocycles. The molecule has 0 spiro atoms. The van der Waals surface area contributed by atoms with Gasteiger partial charge < -0.3 is 24.7 Å². The Balaban J connectivity index is 1.47. The number of hydrogen-bond donors (Lipinski definition) is 1. The summed E-state index contributed by atoms with van der Waals surface area (Å²) in [6, 6.07) is 9.05. The summed E-state index contributed by atoms with van der Waals surface area (Å²) in [6.07, 6.45) is 4.23. The zero-order valence-electron chi connectivity index (χ0n) is 17.0. The Kier molecular flexibility index (Phi) is 6.46. The number of methoxy groups -OCH3 is 1. The van der Waals surface area contributed by atoms with Gasteiger partial charge >= 0.3 is 0 Å². The minimum Gasteiger partial charge on any atom is -0.493 e. The largest absolute Gasteiger partial charge is 0.493 e. The number of benzene rings is 1. The van der Waals surface area contributed by atoms with Crippen LogP contribution in [0.5, 0.6) is 23.0 Å².